The molecule has 4 nitrogen and oxygen atoms in total. The van der Waals surface area contributed by atoms with Crippen molar-refractivity contribution >= 4 is 17.4 Å². The fourth-order valence-electron chi connectivity index (χ4n) is 2.42. The highest BCUT2D eigenvalue weighted by atomic mass is 32.1. The third kappa shape index (κ3) is 3.69. The van der Waals surface area contributed by atoms with Gasteiger partial charge in [-0.2, -0.15) is 0 Å². The molecule has 2 rings (SSSR count). The van der Waals surface area contributed by atoms with E-state index in [1.54, 1.807) is 11.3 Å². The lowest BCUT2D eigenvalue weighted by atomic mass is 9.87. The molecule has 2 unspecified atom stereocenters. The van der Waals surface area contributed by atoms with E-state index in [1.807, 2.05) is 37.2 Å². The van der Waals surface area contributed by atoms with E-state index in [2.05, 4.69) is 11.9 Å². The molecule has 1 amide bonds. The molecule has 1 aromatic rings. The summed E-state index contributed by atoms with van der Waals surface area (Å²) >= 11 is 1.71. The van der Waals surface area contributed by atoms with Gasteiger partial charge in [-0.3, -0.25) is 0 Å². The minimum Gasteiger partial charge on any atom is -0.444 e. The van der Waals surface area contributed by atoms with Crippen LogP contribution in [0.3, 0.4) is 0 Å². The summed E-state index contributed by atoms with van der Waals surface area (Å²) in [6.45, 7) is 9.38. The van der Waals surface area contributed by atoms with Crippen molar-refractivity contribution in [2.75, 3.05) is 13.1 Å². The SMILES string of the molecule is CC1CN(C(=O)OC(C)(C)C)CCC1c1nccs1. The van der Waals surface area contributed by atoms with E-state index < -0.39 is 5.60 Å². The largest absolute Gasteiger partial charge is 0.444 e. The van der Waals surface area contributed by atoms with Crippen LogP contribution in [0.25, 0.3) is 0 Å². The molecule has 2 heterocycles. The molecule has 106 valence electrons. The number of amides is 1. The van der Waals surface area contributed by atoms with Crippen LogP contribution in [0.15, 0.2) is 11.6 Å². The Bertz CT molecular complexity index is 425. The molecule has 5 heteroatoms. The van der Waals surface area contributed by atoms with Crippen molar-refractivity contribution in [3.8, 4) is 0 Å². The molecular weight excluding hydrogens is 260 g/mol. The van der Waals surface area contributed by atoms with Crippen LogP contribution in [0, 0.1) is 5.92 Å². The monoisotopic (exact) mass is 282 g/mol. The van der Waals surface area contributed by atoms with Crippen LogP contribution >= 0.6 is 11.3 Å². The van der Waals surface area contributed by atoms with E-state index in [-0.39, 0.29) is 6.09 Å². The molecule has 0 spiro atoms. The van der Waals surface area contributed by atoms with Gasteiger partial charge in [-0.05, 0) is 33.1 Å². The van der Waals surface area contributed by atoms with Gasteiger partial charge < -0.3 is 9.64 Å². The maximum atomic E-state index is 12.0. The zero-order chi connectivity index (χ0) is 14.0. The van der Waals surface area contributed by atoms with Gasteiger partial charge in [0, 0.05) is 30.6 Å². The van der Waals surface area contributed by atoms with Crippen LogP contribution in [0.5, 0.6) is 0 Å². The summed E-state index contributed by atoms with van der Waals surface area (Å²) in [4.78, 5) is 18.3. The van der Waals surface area contributed by atoms with Gasteiger partial charge in [0.15, 0.2) is 0 Å². The van der Waals surface area contributed by atoms with Gasteiger partial charge in [0.25, 0.3) is 0 Å². The highest BCUT2D eigenvalue weighted by molar-refractivity contribution is 7.09. The Labute approximate surface area is 118 Å². The third-order valence-corrected chi connectivity index (χ3v) is 4.23. The maximum absolute atomic E-state index is 12.0. The van der Waals surface area contributed by atoms with Gasteiger partial charge in [0.05, 0.1) is 5.01 Å². The van der Waals surface area contributed by atoms with E-state index in [0.717, 1.165) is 19.5 Å². The molecule has 1 aliphatic rings. The molecule has 0 aliphatic carbocycles. The number of nitrogens with zero attached hydrogens (tertiary/aromatic N) is 2. The summed E-state index contributed by atoms with van der Waals surface area (Å²) in [5.41, 5.74) is -0.424. The fourth-order valence-corrected chi connectivity index (χ4v) is 3.33. The van der Waals surface area contributed by atoms with E-state index in [0.29, 0.717) is 11.8 Å². The lowest BCUT2D eigenvalue weighted by molar-refractivity contribution is 0.0155. The standard InChI is InChI=1S/C14H22N2O2S/c1-10-9-16(13(17)18-14(2,3)4)7-5-11(10)12-15-6-8-19-12/h6,8,10-11H,5,7,9H2,1-4H3. The smallest absolute Gasteiger partial charge is 0.410 e. The van der Waals surface area contributed by atoms with E-state index in [9.17, 15) is 4.79 Å². The predicted octanol–water partition coefficient (Wildman–Crippen LogP) is 3.50. The van der Waals surface area contributed by atoms with E-state index >= 15 is 0 Å². The number of piperidine rings is 1. The molecule has 1 saturated heterocycles. The van der Waals surface area contributed by atoms with Crippen LogP contribution in [0.2, 0.25) is 0 Å². The Hall–Kier alpha value is -1.10. The number of carbonyl (C=O) groups excluding carboxylic acids is 1. The Morgan fingerprint density at radius 1 is 1.53 bits per heavy atom. The molecule has 0 aromatic carbocycles. The van der Waals surface area contributed by atoms with Crippen molar-refractivity contribution in [3.05, 3.63) is 16.6 Å². The first-order valence-electron chi connectivity index (χ1n) is 6.74. The topological polar surface area (TPSA) is 42.4 Å². The molecule has 0 bridgehead atoms. The van der Waals surface area contributed by atoms with Crippen molar-refractivity contribution in [2.24, 2.45) is 5.92 Å². The molecule has 0 radical (unpaired) electrons. The lowest BCUT2D eigenvalue weighted by Crippen LogP contribution is -2.44. The first-order chi connectivity index (χ1) is 8.87. The molecule has 1 aromatic heterocycles. The van der Waals surface area contributed by atoms with Crippen molar-refractivity contribution in [3.63, 3.8) is 0 Å². The Morgan fingerprint density at radius 3 is 2.79 bits per heavy atom. The molecular formula is C14H22N2O2S. The lowest BCUT2D eigenvalue weighted by Gasteiger charge is -2.36. The summed E-state index contributed by atoms with van der Waals surface area (Å²) in [5.74, 6) is 0.895. The molecule has 1 fully saturated rings. The average Bonchev–Trinajstić information content (AvgIpc) is 2.79. The Morgan fingerprint density at radius 2 is 2.26 bits per heavy atom. The fraction of sp³-hybridized carbons (Fsp3) is 0.714. The molecule has 1 aliphatic heterocycles. The van der Waals surface area contributed by atoms with Crippen LogP contribution in [-0.2, 0) is 4.74 Å². The normalized spacial score (nSPS) is 24.3. The van der Waals surface area contributed by atoms with Gasteiger partial charge in [0.1, 0.15) is 5.60 Å². The van der Waals surface area contributed by atoms with Crippen molar-refractivity contribution in [1.29, 1.82) is 0 Å². The van der Waals surface area contributed by atoms with Crippen LogP contribution < -0.4 is 0 Å². The number of rotatable bonds is 1. The minimum absolute atomic E-state index is 0.197. The van der Waals surface area contributed by atoms with Crippen molar-refractivity contribution < 1.29 is 9.53 Å². The molecule has 0 saturated carbocycles. The first-order valence-corrected chi connectivity index (χ1v) is 7.62. The minimum atomic E-state index is -0.424. The van der Waals surface area contributed by atoms with Crippen LogP contribution in [0.1, 0.15) is 45.0 Å². The molecule has 2 atom stereocenters. The summed E-state index contributed by atoms with van der Waals surface area (Å²) in [6, 6.07) is 0. The van der Waals surface area contributed by atoms with Gasteiger partial charge in [0.2, 0.25) is 0 Å². The van der Waals surface area contributed by atoms with Crippen molar-refractivity contribution in [1.82, 2.24) is 9.88 Å². The number of hydrogen-bond donors (Lipinski definition) is 0. The quantitative estimate of drug-likeness (QED) is 0.791. The zero-order valence-electron chi connectivity index (χ0n) is 12.0. The Balaban J connectivity index is 1.95. The summed E-state index contributed by atoms with van der Waals surface area (Å²) < 4.78 is 5.43. The van der Waals surface area contributed by atoms with E-state index in [1.165, 1.54) is 5.01 Å². The summed E-state index contributed by atoms with van der Waals surface area (Å²) in [7, 11) is 0. The maximum Gasteiger partial charge on any atom is 0.410 e. The number of thiazole rings is 1. The Kier molecular flexibility index (Phi) is 4.13. The number of carbonyl (C=O) groups is 1. The first kappa shape index (κ1) is 14.3. The van der Waals surface area contributed by atoms with Gasteiger partial charge in [-0.1, -0.05) is 6.92 Å². The second kappa shape index (κ2) is 5.49. The number of ether oxygens (including phenoxy) is 1. The predicted molar refractivity (Wildman–Crippen MR) is 76.4 cm³/mol. The molecule has 19 heavy (non-hydrogen) atoms. The van der Waals surface area contributed by atoms with Crippen LogP contribution in [-0.4, -0.2) is 34.7 Å². The molecule has 0 N–H and O–H groups in total. The third-order valence-electron chi connectivity index (χ3n) is 3.33. The second-order valence-corrected chi connectivity index (χ2v) is 7.10. The number of aromatic nitrogens is 1. The van der Waals surface area contributed by atoms with Gasteiger partial charge in [-0.25, -0.2) is 9.78 Å². The summed E-state index contributed by atoms with van der Waals surface area (Å²) in [6.07, 6.45) is 2.62. The number of hydrogen-bond acceptors (Lipinski definition) is 4. The highest BCUT2D eigenvalue weighted by Crippen LogP contribution is 2.34. The van der Waals surface area contributed by atoms with Gasteiger partial charge >= 0.3 is 6.09 Å². The van der Waals surface area contributed by atoms with Crippen molar-refractivity contribution in [2.45, 2.75) is 45.6 Å². The average molecular weight is 282 g/mol. The second-order valence-electron chi connectivity index (χ2n) is 6.17. The zero-order valence-corrected chi connectivity index (χ0v) is 12.9. The van der Waals surface area contributed by atoms with Crippen LogP contribution in [0.4, 0.5) is 4.79 Å². The van der Waals surface area contributed by atoms with E-state index in [4.69, 9.17) is 4.74 Å². The summed E-state index contributed by atoms with van der Waals surface area (Å²) in [5, 5.41) is 3.21. The number of likely N-dealkylation sites (tertiary alicyclic amines) is 1. The van der Waals surface area contributed by atoms with Gasteiger partial charge in [-0.15, -0.1) is 11.3 Å². The highest BCUT2D eigenvalue weighted by Gasteiger charge is 2.32.